The highest BCUT2D eigenvalue weighted by Gasteiger charge is 2.37. The summed E-state index contributed by atoms with van der Waals surface area (Å²) in [5.74, 6) is 13.1. The molecule has 2 aromatic carbocycles. The summed E-state index contributed by atoms with van der Waals surface area (Å²) in [6.07, 6.45) is 4.90. The molecule has 4 heterocycles. The average Bonchev–Trinajstić information content (AvgIpc) is 3.95. The van der Waals surface area contributed by atoms with Crippen molar-refractivity contribution >= 4 is 18.1 Å². The fourth-order valence-electron chi connectivity index (χ4n) is 6.57. The van der Waals surface area contributed by atoms with Crippen LogP contribution >= 0.6 is 0 Å². The number of imidazole rings is 2. The van der Waals surface area contributed by atoms with Gasteiger partial charge in [-0.3, -0.25) is 9.69 Å². The summed E-state index contributed by atoms with van der Waals surface area (Å²) < 4.78 is 4.75. The minimum Gasteiger partial charge on any atom is -0.465 e. The monoisotopic (exact) mass is 673 g/mol. The molecule has 6 rings (SSSR count). The van der Waals surface area contributed by atoms with Crippen LogP contribution < -0.4 is 5.32 Å². The average molecular weight is 674 g/mol. The lowest BCUT2D eigenvalue weighted by Crippen LogP contribution is -2.51. The molecule has 3 amide bonds. The zero-order valence-electron chi connectivity index (χ0n) is 28.2. The number of nitrogens with zero attached hydrogens (tertiary/aromatic N) is 4. The quantitative estimate of drug-likeness (QED) is 0.183. The molecule has 2 aliphatic rings. The van der Waals surface area contributed by atoms with Gasteiger partial charge in [-0.1, -0.05) is 56.2 Å². The van der Waals surface area contributed by atoms with E-state index in [0.29, 0.717) is 30.4 Å². The predicted octanol–water partition coefficient (Wildman–Crippen LogP) is 5.73. The molecule has 4 N–H and O–H groups in total. The van der Waals surface area contributed by atoms with Gasteiger partial charge in [0.2, 0.25) is 5.91 Å². The molecule has 0 aliphatic carbocycles. The normalized spacial score (nSPS) is 17.4. The Morgan fingerprint density at radius 1 is 0.900 bits per heavy atom. The molecule has 2 saturated heterocycles. The van der Waals surface area contributed by atoms with E-state index in [0.717, 1.165) is 53.6 Å². The van der Waals surface area contributed by atoms with Crippen molar-refractivity contribution in [1.29, 1.82) is 0 Å². The molecule has 3 atom stereocenters. The number of hydrogen-bond acceptors (Lipinski definition) is 6. The lowest BCUT2D eigenvalue weighted by Gasteiger charge is -2.30. The number of nitrogens with one attached hydrogen (secondary N) is 3. The van der Waals surface area contributed by atoms with E-state index in [1.54, 1.807) is 17.3 Å². The van der Waals surface area contributed by atoms with Crippen LogP contribution in [0, 0.1) is 29.6 Å². The minimum absolute atomic E-state index is 0.120. The van der Waals surface area contributed by atoms with Gasteiger partial charge in [-0.25, -0.2) is 19.6 Å². The number of H-pyrrole nitrogens is 2. The number of carbonyl (C=O) groups is 3. The summed E-state index contributed by atoms with van der Waals surface area (Å²) in [6, 6.07) is 14.7. The maximum absolute atomic E-state index is 13.6. The first-order valence-corrected chi connectivity index (χ1v) is 16.7. The summed E-state index contributed by atoms with van der Waals surface area (Å²) in [4.78, 5) is 55.9. The van der Waals surface area contributed by atoms with E-state index in [9.17, 15) is 19.5 Å². The number of amides is 3. The van der Waals surface area contributed by atoms with Crippen LogP contribution in [0.3, 0.4) is 0 Å². The number of rotatable bonds is 7. The van der Waals surface area contributed by atoms with E-state index >= 15 is 0 Å². The molecule has 2 fully saturated rings. The highest BCUT2D eigenvalue weighted by atomic mass is 16.5. The Labute approximate surface area is 290 Å². The SMILES string of the molecule is COC(=O)NC(C(=O)N1CCCC1c1ncc(-c2ccc(C#CC#Cc3cnc(C4CCCN4C(=O)O)[nH]3)c(-c3ccccc3)c2)[nH]1)C(C)C. The van der Waals surface area contributed by atoms with Gasteiger partial charge in [-0.15, -0.1) is 0 Å². The number of aromatic nitrogens is 4. The Morgan fingerprint density at radius 2 is 1.58 bits per heavy atom. The van der Waals surface area contributed by atoms with Gasteiger partial charge in [0.05, 0.1) is 37.3 Å². The van der Waals surface area contributed by atoms with Crippen LogP contribution in [0.2, 0.25) is 0 Å². The van der Waals surface area contributed by atoms with Crippen molar-refractivity contribution in [3.63, 3.8) is 0 Å². The largest absolute Gasteiger partial charge is 0.465 e. The first kappa shape index (κ1) is 33.9. The van der Waals surface area contributed by atoms with Gasteiger partial charge in [0, 0.05) is 24.2 Å². The first-order chi connectivity index (χ1) is 24.2. The molecule has 256 valence electrons. The highest BCUT2D eigenvalue weighted by molar-refractivity contribution is 5.86. The molecule has 0 radical (unpaired) electrons. The molecule has 4 aromatic rings. The minimum atomic E-state index is -0.950. The van der Waals surface area contributed by atoms with Gasteiger partial charge < -0.3 is 30.0 Å². The molecule has 2 aliphatic heterocycles. The third kappa shape index (κ3) is 7.35. The van der Waals surface area contributed by atoms with Crippen LogP contribution in [0.4, 0.5) is 9.59 Å². The second-order valence-corrected chi connectivity index (χ2v) is 12.7. The predicted molar refractivity (Wildman–Crippen MR) is 186 cm³/mol. The number of likely N-dealkylation sites (tertiary alicyclic amines) is 2. The number of alkyl carbamates (subject to hydrolysis) is 1. The van der Waals surface area contributed by atoms with Crippen molar-refractivity contribution in [3.05, 3.63) is 83.8 Å². The molecule has 0 spiro atoms. The molecular weight excluding hydrogens is 634 g/mol. The van der Waals surface area contributed by atoms with Crippen LogP contribution in [0.1, 0.15) is 74.5 Å². The van der Waals surface area contributed by atoms with Gasteiger partial charge in [-0.2, -0.15) is 0 Å². The maximum Gasteiger partial charge on any atom is 0.407 e. The Hall–Kier alpha value is -6.01. The zero-order chi connectivity index (χ0) is 35.2. The molecule has 3 unspecified atom stereocenters. The third-order valence-electron chi connectivity index (χ3n) is 9.12. The maximum atomic E-state index is 13.6. The standard InChI is InChI=1S/C38H39N7O5/c1-24(2)33(43-37(47)50-3)36(46)44-19-9-15-31(44)35-40-23-30(42-35)27-18-17-26(29(21-27)25-11-5-4-6-12-25)13-7-8-14-28-22-39-34(41-28)32-16-10-20-45(32)38(48)49/h4-6,11-12,17-18,21-24,31-33H,9-10,15-16,19-20H2,1-3H3,(H,39,41)(H,40,42)(H,43,47)(H,48,49). The van der Waals surface area contributed by atoms with Gasteiger partial charge in [0.1, 0.15) is 23.4 Å². The van der Waals surface area contributed by atoms with Gasteiger partial charge in [0.25, 0.3) is 0 Å². The smallest absolute Gasteiger partial charge is 0.407 e. The van der Waals surface area contributed by atoms with E-state index in [-0.39, 0.29) is 23.9 Å². The molecule has 12 heteroatoms. The van der Waals surface area contributed by atoms with E-state index in [1.165, 1.54) is 12.0 Å². The summed E-state index contributed by atoms with van der Waals surface area (Å²) in [7, 11) is 1.28. The van der Waals surface area contributed by atoms with E-state index in [4.69, 9.17) is 9.72 Å². The lowest BCUT2D eigenvalue weighted by atomic mass is 9.96. The van der Waals surface area contributed by atoms with Crippen molar-refractivity contribution in [2.24, 2.45) is 5.92 Å². The summed E-state index contributed by atoms with van der Waals surface area (Å²) in [6.45, 7) is 4.85. The molecule has 0 saturated carbocycles. The van der Waals surface area contributed by atoms with Crippen LogP contribution in [0.5, 0.6) is 0 Å². The number of methoxy groups -OCH3 is 1. The van der Waals surface area contributed by atoms with Crippen molar-refractivity contribution in [3.8, 4) is 46.1 Å². The molecule has 0 bridgehead atoms. The van der Waals surface area contributed by atoms with E-state index in [1.807, 2.05) is 56.3 Å². The lowest BCUT2D eigenvalue weighted by molar-refractivity contribution is -0.135. The molecule has 12 nitrogen and oxygen atoms in total. The number of carboxylic acid groups (broad SMARTS) is 1. The van der Waals surface area contributed by atoms with Crippen molar-refractivity contribution in [2.75, 3.05) is 20.2 Å². The van der Waals surface area contributed by atoms with E-state index in [2.05, 4.69) is 50.0 Å². The van der Waals surface area contributed by atoms with Crippen LogP contribution in [0.15, 0.2) is 60.9 Å². The van der Waals surface area contributed by atoms with Gasteiger partial charge in [-0.05, 0) is 72.6 Å². The Morgan fingerprint density at radius 3 is 2.30 bits per heavy atom. The molecule has 2 aromatic heterocycles. The number of hydrogen-bond donors (Lipinski definition) is 4. The molecule has 50 heavy (non-hydrogen) atoms. The number of benzene rings is 2. The van der Waals surface area contributed by atoms with Crippen LogP contribution in [-0.4, -0.2) is 79.2 Å². The highest BCUT2D eigenvalue weighted by Crippen LogP contribution is 2.34. The van der Waals surface area contributed by atoms with Crippen molar-refractivity contribution in [2.45, 2.75) is 57.7 Å². The second-order valence-electron chi connectivity index (χ2n) is 12.7. The Kier molecular flexibility index (Phi) is 10.2. The zero-order valence-corrected chi connectivity index (χ0v) is 28.2. The second kappa shape index (κ2) is 15.0. The Bertz CT molecular complexity index is 2000. The Balaban J connectivity index is 1.22. The fraction of sp³-hybridized carbons (Fsp3) is 0.342. The summed E-state index contributed by atoms with van der Waals surface area (Å²) in [5.41, 5.74) is 5.01. The third-order valence-corrected chi connectivity index (χ3v) is 9.12. The number of aromatic amines is 2. The van der Waals surface area contributed by atoms with Gasteiger partial charge in [0.15, 0.2) is 0 Å². The van der Waals surface area contributed by atoms with Crippen molar-refractivity contribution < 1.29 is 24.2 Å². The van der Waals surface area contributed by atoms with E-state index < -0.39 is 18.2 Å². The van der Waals surface area contributed by atoms with Crippen LogP contribution in [-0.2, 0) is 9.53 Å². The van der Waals surface area contributed by atoms with Gasteiger partial charge >= 0.3 is 12.2 Å². The molecular formula is C38H39N7O5. The number of ether oxygens (including phenoxy) is 1. The van der Waals surface area contributed by atoms with Crippen molar-refractivity contribution in [1.82, 2.24) is 35.1 Å². The fourth-order valence-corrected chi connectivity index (χ4v) is 6.57. The first-order valence-electron chi connectivity index (χ1n) is 16.7. The summed E-state index contributed by atoms with van der Waals surface area (Å²) >= 11 is 0. The van der Waals surface area contributed by atoms with Crippen LogP contribution in [0.25, 0.3) is 22.4 Å². The topological polar surface area (TPSA) is 157 Å². The number of carbonyl (C=O) groups excluding carboxylic acids is 2. The summed E-state index contributed by atoms with van der Waals surface area (Å²) in [5, 5.41) is 12.1.